The Bertz CT molecular complexity index is 480. The molecule has 0 saturated heterocycles. The van der Waals surface area contributed by atoms with Gasteiger partial charge in [-0.05, 0) is 5.56 Å². The molecule has 0 bridgehead atoms. The molecule has 4 heteroatoms. The van der Waals surface area contributed by atoms with Gasteiger partial charge in [0.15, 0.2) is 0 Å². The number of benzene rings is 1. The molecular weight excluding hydrogens is 228 g/mol. The van der Waals surface area contributed by atoms with Crippen molar-refractivity contribution in [2.45, 2.75) is 13.0 Å². The summed E-state index contributed by atoms with van der Waals surface area (Å²) in [7, 11) is 1.38. The van der Waals surface area contributed by atoms with Crippen molar-refractivity contribution in [1.82, 2.24) is 4.90 Å². The molecule has 1 aliphatic rings. The summed E-state index contributed by atoms with van der Waals surface area (Å²) in [6, 6.07) is 9.94. The molecule has 4 nitrogen and oxygen atoms in total. The van der Waals surface area contributed by atoms with Gasteiger partial charge in [0.25, 0.3) is 0 Å². The van der Waals surface area contributed by atoms with Crippen LogP contribution in [0, 0.1) is 5.41 Å². The zero-order chi connectivity index (χ0) is 13.0. The molecule has 0 radical (unpaired) electrons. The summed E-state index contributed by atoms with van der Waals surface area (Å²) in [6.45, 7) is 1.09. The highest BCUT2D eigenvalue weighted by atomic mass is 16.5. The van der Waals surface area contributed by atoms with E-state index in [1.165, 1.54) is 7.11 Å². The molecule has 0 spiro atoms. The summed E-state index contributed by atoms with van der Waals surface area (Å²) >= 11 is 0. The molecule has 0 unspecified atom stereocenters. The van der Waals surface area contributed by atoms with Crippen molar-refractivity contribution in [3.63, 3.8) is 0 Å². The van der Waals surface area contributed by atoms with E-state index in [2.05, 4.69) is 0 Å². The number of nitrogens with one attached hydrogen (secondary N) is 1. The van der Waals surface area contributed by atoms with Gasteiger partial charge in [0.05, 0.1) is 19.2 Å². The van der Waals surface area contributed by atoms with Crippen LogP contribution >= 0.6 is 0 Å². The highest BCUT2D eigenvalue weighted by Crippen LogP contribution is 2.15. The molecule has 94 valence electrons. The molecule has 0 aromatic heterocycles. The summed E-state index contributed by atoms with van der Waals surface area (Å²) in [5.74, 6) is 0.229. The smallest absolute Gasteiger partial charge is 0.335 e. The van der Waals surface area contributed by atoms with E-state index in [1.807, 2.05) is 35.2 Å². The fraction of sp³-hybridized carbons (Fsp3) is 0.286. The van der Waals surface area contributed by atoms with Gasteiger partial charge in [-0.2, -0.15) is 0 Å². The van der Waals surface area contributed by atoms with Gasteiger partial charge in [0.1, 0.15) is 5.84 Å². The Morgan fingerprint density at radius 2 is 2.11 bits per heavy atom. The fourth-order valence-corrected chi connectivity index (χ4v) is 1.95. The lowest BCUT2D eigenvalue weighted by Gasteiger charge is -2.28. The Morgan fingerprint density at radius 1 is 1.39 bits per heavy atom. The van der Waals surface area contributed by atoms with Crippen LogP contribution in [0.2, 0.25) is 0 Å². The number of rotatable bonds is 3. The third kappa shape index (κ3) is 2.77. The molecular formula is C14H16N2O2. The van der Waals surface area contributed by atoms with Gasteiger partial charge in [0, 0.05) is 13.0 Å². The maximum absolute atomic E-state index is 11.5. The summed E-state index contributed by atoms with van der Waals surface area (Å²) < 4.78 is 4.72. The molecule has 1 N–H and O–H groups in total. The van der Waals surface area contributed by atoms with Crippen molar-refractivity contribution in [1.29, 1.82) is 5.41 Å². The summed E-state index contributed by atoms with van der Waals surface area (Å²) in [5.41, 5.74) is 1.76. The minimum absolute atomic E-state index is 0.305. The van der Waals surface area contributed by atoms with Gasteiger partial charge in [-0.15, -0.1) is 0 Å². The van der Waals surface area contributed by atoms with E-state index >= 15 is 0 Å². The Balaban J connectivity index is 2.08. The minimum atomic E-state index is -0.305. The second kappa shape index (κ2) is 5.49. The largest absolute Gasteiger partial charge is 0.466 e. The van der Waals surface area contributed by atoms with Gasteiger partial charge < -0.3 is 9.64 Å². The molecule has 2 rings (SSSR count). The zero-order valence-electron chi connectivity index (χ0n) is 10.3. The summed E-state index contributed by atoms with van der Waals surface area (Å²) in [5, 5.41) is 7.91. The quantitative estimate of drug-likeness (QED) is 0.827. The van der Waals surface area contributed by atoms with Crippen molar-refractivity contribution < 1.29 is 9.53 Å². The van der Waals surface area contributed by atoms with Crippen LogP contribution in [0.3, 0.4) is 0 Å². The lowest BCUT2D eigenvalue weighted by molar-refractivity contribution is -0.136. The first-order chi connectivity index (χ1) is 8.70. The molecule has 0 fully saturated rings. The molecule has 0 amide bonds. The first kappa shape index (κ1) is 12.4. The average molecular weight is 244 g/mol. The second-order valence-corrected chi connectivity index (χ2v) is 4.21. The Morgan fingerprint density at radius 3 is 2.78 bits per heavy atom. The molecule has 0 atom stereocenters. The highest BCUT2D eigenvalue weighted by Gasteiger charge is 2.21. The molecule has 1 heterocycles. The lowest BCUT2D eigenvalue weighted by Crippen LogP contribution is -2.36. The number of methoxy groups -OCH3 is 1. The van der Waals surface area contributed by atoms with Crippen LogP contribution < -0.4 is 0 Å². The van der Waals surface area contributed by atoms with Crippen LogP contribution in [0.5, 0.6) is 0 Å². The molecule has 1 aliphatic heterocycles. The van der Waals surface area contributed by atoms with E-state index in [-0.39, 0.29) is 5.97 Å². The van der Waals surface area contributed by atoms with E-state index in [1.54, 1.807) is 6.08 Å². The number of amidine groups is 1. The molecule has 1 aromatic rings. The Kier molecular flexibility index (Phi) is 3.77. The van der Waals surface area contributed by atoms with Crippen molar-refractivity contribution in [3.05, 3.63) is 47.5 Å². The zero-order valence-corrected chi connectivity index (χ0v) is 10.3. The van der Waals surface area contributed by atoms with Crippen LogP contribution in [0.4, 0.5) is 0 Å². The topological polar surface area (TPSA) is 53.4 Å². The number of esters is 1. The predicted molar refractivity (Wildman–Crippen MR) is 69.3 cm³/mol. The summed E-state index contributed by atoms with van der Waals surface area (Å²) in [6.07, 6.45) is 2.26. The number of hydrogen-bond donors (Lipinski definition) is 1. The summed E-state index contributed by atoms with van der Waals surface area (Å²) in [4.78, 5) is 13.4. The predicted octanol–water partition coefficient (Wildman–Crippen LogP) is 1.97. The number of carbonyl (C=O) groups excluding carboxylic acids is 1. The maximum Gasteiger partial charge on any atom is 0.335 e. The van der Waals surface area contributed by atoms with Crippen molar-refractivity contribution in [2.75, 3.05) is 13.7 Å². The average Bonchev–Trinajstić information content (AvgIpc) is 2.41. The molecule has 0 aliphatic carbocycles. The van der Waals surface area contributed by atoms with Crippen LogP contribution in [0.15, 0.2) is 42.0 Å². The number of hydrogen-bond acceptors (Lipinski definition) is 3. The van der Waals surface area contributed by atoms with Gasteiger partial charge in [-0.1, -0.05) is 36.4 Å². The number of ether oxygens (including phenoxy) is 1. The fourth-order valence-electron chi connectivity index (χ4n) is 1.95. The van der Waals surface area contributed by atoms with E-state index < -0.39 is 0 Å². The normalized spacial score (nSPS) is 15.3. The van der Waals surface area contributed by atoms with Crippen molar-refractivity contribution in [2.24, 2.45) is 0 Å². The van der Waals surface area contributed by atoms with E-state index in [4.69, 9.17) is 10.1 Å². The van der Waals surface area contributed by atoms with E-state index in [0.29, 0.717) is 30.9 Å². The third-order valence-electron chi connectivity index (χ3n) is 2.95. The van der Waals surface area contributed by atoms with Crippen LogP contribution in [0.1, 0.15) is 12.0 Å². The number of carbonyl (C=O) groups is 1. The van der Waals surface area contributed by atoms with Gasteiger partial charge in [-0.3, -0.25) is 5.41 Å². The minimum Gasteiger partial charge on any atom is -0.466 e. The van der Waals surface area contributed by atoms with E-state index in [0.717, 1.165) is 5.56 Å². The molecule has 1 aromatic carbocycles. The second-order valence-electron chi connectivity index (χ2n) is 4.21. The molecule has 18 heavy (non-hydrogen) atoms. The van der Waals surface area contributed by atoms with Crippen LogP contribution in [0.25, 0.3) is 0 Å². The van der Waals surface area contributed by atoms with Gasteiger partial charge in [-0.25, -0.2) is 4.79 Å². The Labute approximate surface area is 106 Å². The lowest BCUT2D eigenvalue weighted by atomic mass is 10.1. The maximum atomic E-state index is 11.5. The van der Waals surface area contributed by atoms with Crippen LogP contribution in [-0.4, -0.2) is 30.4 Å². The monoisotopic (exact) mass is 244 g/mol. The Hall–Kier alpha value is -2.10. The van der Waals surface area contributed by atoms with Crippen molar-refractivity contribution >= 4 is 11.8 Å². The SMILES string of the molecule is COC(=O)C1=CCC(=N)N(Cc2ccccc2)C1. The first-order valence-electron chi connectivity index (χ1n) is 5.84. The highest BCUT2D eigenvalue weighted by molar-refractivity contribution is 5.93. The first-order valence-corrected chi connectivity index (χ1v) is 5.84. The number of nitrogens with zero attached hydrogens (tertiary/aromatic N) is 1. The van der Waals surface area contributed by atoms with Gasteiger partial charge >= 0.3 is 5.97 Å². The van der Waals surface area contributed by atoms with Gasteiger partial charge in [0.2, 0.25) is 0 Å². The van der Waals surface area contributed by atoms with Crippen LogP contribution in [-0.2, 0) is 16.1 Å². The third-order valence-corrected chi connectivity index (χ3v) is 2.95. The van der Waals surface area contributed by atoms with Crippen molar-refractivity contribution in [3.8, 4) is 0 Å². The molecule has 0 saturated carbocycles. The standard InChI is InChI=1S/C14H16N2O2/c1-18-14(17)12-7-8-13(15)16(10-12)9-11-5-3-2-4-6-11/h2-7,15H,8-10H2,1H3. The van der Waals surface area contributed by atoms with E-state index in [9.17, 15) is 4.79 Å².